The number of piperazine rings is 1. The van der Waals surface area contributed by atoms with E-state index >= 15 is 0 Å². The van der Waals surface area contributed by atoms with Crippen molar-refractivity contribution in [1.29, 1.82) is 0 Å². The lowest BCUT2D eigenvalue weighted by atomic mass is 9.99. The zero-order chi connectivity index (χ0) is 14.3. The molecule has 0 radical (unpaired) electrons. The zero-order valence-corrected chi connectivity index (χ0v) is 13.6. The first-order valence-electron chi connectivity index (χ1n) is 8.08. The highest BCUT2D eigenvalue weighted by Gasteiger charge is 2.26. The number of nitrogens with zero attached hydrogens (tertiary/aromatic N) is 1. The van der Waals surface area contributed by atoms with Crippen molar-refractivity contribution in [3.63, 3.8) is 0 Å². The molecule has 114 valence electrons. The van der Waals surface area contributed by atoms with E-state index in [0.29, 0.717) is 18.0 Å². The summed E-state index contributed by atoms with van der Waals surface area (Å²) in [7, 11) is 0. The average molecular weight is 270 g/mol. The second-order valence-corrected chi connectivity index (χ2v) is 6.76. The van der Waals surface area contributed by atoms with Gasteiger partial charge in [0.05, 0.1) is 6.61 Å². The molecule has 19 heavy (non-hydrogen) atoms. The minimum Gasteiger partial charge on any atom is -0.380 e. The van der Waals surface area contributed by atoms with Gasteiger partial charge in [-0.3, -0.25) is 4.90 Å². The van der Waals surface area contributed by atoms with Gasteiger partial charge in [-0.1, -0.05) is 34.6 Å². The van der Waals surface area contributed by atoms with Crippen LogP contribution in [0.15, 0.2) is 0 Å². The van der Waals surface area contributed by atoms with Crippen LogP contribution in [0.3, 0.4) is 0 Å². The van der Waals surface area contributed by atoms with Crippen molar-refractivity contribution in [2.75, 3.05) is 32.8 Å². The van der Waals surface area contributed by atoms with E-state index in [2.05, 4.69) is 44.8 Å². The molecule has 1 N–H and O–H groups in total. The molecule has 0 amide bonds. The van der Waals surface area contributed by atoms with Crippen LogP contribution in [0.2, 0.25) is 0 Å². The molecule has 1 saturated heterocycles. The van der Waals surface area contributed by atoms with Gasteiger partial charge in [-0.05, 0) is 24.7 Å². The van der Waals surface area contributed by atoms with E-state index in [0.717, 1.165) is 32.2 Å². The first-order valence-corrected chi connectivity index (χ1v) is 8.08. The van der Waals surface area contributed by atoms with Crippen LogP contribution >= 0.6 is 0 Å². The lowest BCUT2D eigenvalue weighted by Gasteiger charge is -2.40. The Labute approximate surface area is 120 Å². The summed E-state index contributed by atoms with van der Waals surface area (Å²) in [5.41, 5.74) is 0. The zero-order valence-electron chi connectivity index (χ0n) is 13.6. The Morgan fingerprint density at radius 2 is 1.95 bits per heavy atom. The summed E-state index contributed by atoms with van der Waals surface area (Å²) < 4.78 is 5.74. The summed E-state index contributed by atoms with van der Waals surface area (Å²) in [5.74, 6) is 1.41. The van der Waals surface area contributed by atoms with E-state index in [1.54, 1.807) is 0 Å². The highest BCUT2D eigenvalue weighted by Crippen LogP contribution is 2.15. The van der Waals surface area contributed by atoms with Crippen molar-refractivity contribution < 1.29 is 4.74 Å². The Morgan fingerprint density at radius 1 is 1.21 bits per heavy atom. The third-order valence-electron chi connectivity index (χ3n) is 3.81. The number of ether oxygens (including phenoxy) is 1. The Morgan fingerprint density at radius 3 is 2.53 bits per heavy atom. The molecular formula is C16H34N2O. The number of hydrogen-bond donors (Lipinski definition) is 1. The molecule has 1 heterocycles. The fraction of sp³-hybridized carbons (Fsp3) is 1.00. The second-order valence-electron chi connectivity index (χ2n) is 6.76. The molecular weight excluding hydrogens is 236 g/mol. The average Bonchev–Trinajstić information content (AvgIpc) is 2.34. The fourth-order valence-corrected chi connectivity index (χ4v) is 2.83. The molecule has 1 aliphatic rings. The van der Waals surface area contributed by atoms with Crippen molar-refractivity contribution in [3.05, 3.63) is 0 Å². The largest absolute Gasteiger partial charge is 0.380 e. The second kappa shape index (κ2) is 8.93. The maximum Gasteiger partial charge on any atom is 0.0593 e. The van der Waals surface area contributed by atoms with Crippen LogP contribution in [-0.4, -0.2) is 49.8 Å². The van der Waals surface area contributed by atoms with E-state index in [-0.39, 0.29) is 0 Å². The van der Waals surface area contributed by atoms with Crippen LogP contribution in [0.1, 0.15) is 47.5 Å². The molecule has 0 aromatic heterocycles. The van der Waals surface area contributed by atoms with Crippen LogP contribution in [-0.2, 0) is 4.74 Å². The minimum atomic E-state index is 0.638. The summed E-state index contributed by atoms with van der Waals surface area (Å²) in [4.78, 5) is 2.63. The Bertz CT molecular complexity index is 231. The lowest BCUT2D eigenvalue weighted by Crippen LogP contribution is -2.57. The summed E-state index contributed by atoms with van der Waals surface area (Å²) in [6, 6.07) is 1.35. The quantitative estimate of drug-likeness (QED) is 0.686. The molecule has 0 bridgehead atoms. The molecule has 2 atom stereocenters. The first kappa shape index (κ1) is 16.9. The Hall–Kier alpha value is -0.120. The van der Waals surface area contributed by atoms with Crippen molar-refractivity contribution in [2.24, 2.45) is 11.8 Å². The van der Waals surface area contributed by atoms with Gasteiger partial charge in [0.1, 0.15) is 0 Å². The molecule has 3 nitrogen and oxygen atoms in total. The third kappa shape index (κ3) is 6.73. The van der Waals surface area contributed by atoms with Crippen LogP contribution in [0.4, 0.5) is 0 Å². The van der Waals surface area contributed by atoms with Gasteiger partial charge in [0.25, 0.3) is 0 Å². The summed E-state index contributed by atoms with van der Waals surface area (Å²) in [6.45, 7) is 16.5. The van der Waals surface area contributed by atoms with Gasteiger partial charge in [0, 0.05) is 38.3 Å². The van der Waals surface area contributed by atoms with Crippen LogP contribution in [0, 0.1) is 11.8 Å². The highest BCUT2D eigenvalue weighted by molar-refractivity contribution is 4.85. The maximum atomic E-state index is 5.74. The molecule has 1 rings (SSSR count). The van der Waals surface area contributed by atoms with Crippen molar-refractivity contribution >= 4 is 0 Å². The normalized spacial score (nSPS) is 25.4. The van der Waals surface area contributed by atoms with Gasteiger partial charge in [0.15, 0.2) is 0 Å². The van der Waals surface area contributed by atoms with Crippen LogP contribution in [0.25, 0.3) is 0 Å². The Balaban J connectivity index is 2.32. The van der Waals surface area contributed by atoms with E-state index in [4.69, 9.17) is 4.74 Å². The highest BCUT2D eigenvalue weighted by atomic mass is 16.5. The lowest BCUT2D eigenvalue weighted by molar-refractivity contribution is 0.0518. The third-order valence-corrected chi connectivity index (χ3v) is 3.81. The smallest absolute Gasteiger partial charge is 0.0593 e. The van der Waals surface area contributed by atoms with E-state index in [1.807, 2.05) is 0 Å². The molecule has 0 aromatic rings. The van der Waals surface area contributed by atoms with E-state index in [1.165, 1.54) is 19.4 Å². The number of rotatable bonds is 8. The van der Waals surface area contributed by atoms with Crippen molar-refractivity contribution in [3.8, 4) is 0 Å². The number of hydrogen-bond acceptors (Lipinski definition) is 3. The topological polar surface area (TPSA) is 24.5 Å². The molecule has 3 heteroatoms. The van der Waals surface area contributed by atoms with Gasteiger partial charge in [-0.15, -0.1) is 0 Å². The van der Waals surface area contributed by atoms with E-state index in [9.17, 15) is 0 Å². The van der Waals surface area contributed by atoms with Crippen molar-refractivity contribution in [1.82, 2.24) is 10.2 Å². The molecule has 1 aliphatic heterocycles. The van der Waals surface area contributed by atoms with Crippen LogP contribution < -0.4 is 5.32 Å². The molecule has 1 fully saturated rings. The Kier molecular flexibility index (Phi) is 7.96. The van der Waals surface area contributed by atoms with Gasteiger partial charge in [-0.2, -0.15) is 0 Å². The van der Waals surface area contributed by atoms with Gasteiger partial charge < -0.3 is 10.1 Å². The van der Waals surface area contributed by atoms with Gasteiger partial charge >= 0.3 is 0 Å². The molecule has 0 spiro atoms. The number of nitrogens with one attached hydrogen (secondary N) is 1. The summed E-state index contributed by atoms with van der Waals surface area (Å²) in [6.07, 6.45) is 2.51. The van der Waals surface area contributed by atoms with Crippen molar-refractivity contribution in [2.45, 2.75) is 59.5 Å². The first-order chi connectivity index (χ1) is 9.02. The van der Waals surface area contributed by atoms with Gasteiger partial charge in [0.2, 0.25) is 0 Å². The summed E-state index contributed by atoms with van der Waals surface area (Å²) >= 11 is 0. The molecule has 0 aromatic carbocycles. The minimum absolute atomic E-state index is 0.638. The van der Waals surface area contributed by atoms with E-state index < -0.39 is 0 Å². The molecule has 0 aliphatic carbocycles. The maximum absolute atomic E-state index is 5.74. The monoisotopic (exact) mass is 270 g/mol. The molecule has 0 saturated carbocycles. The molecule has 2 unspecified atom stereocenters. The van der Waals surface area contributed by atoms with Gasteiger partial charge in [-0.25, -0.2) is 0 Å². The predicted molar refractivity (Wildman–Crippen MR) is 82.6 cm³/mol. The summed E-state index contributed by atoms with van der Waals surface area (Å²) in [5, 5.41) is 3.71. The van der Waals surface area contributed by atoms with Crippen LogP contribution in [0.5, 0.6) is 0 Å². The predicted octanol–water partition coefficient (Wildman–Crippen LogP) is 2.76. The fourth-order valence-electron chi connectivity index (χ4n) is 2.83. The SMILES string of the molecule is CCC1CNC(CC(C)C)CN1CCOCC(C)C. The standard InChI is InChI=1S/C16H34N2O/c1-6-16-10-17-15(9-13(2)3)11-18(16)7-8-19-12-14(4)5/h13-17H,6-12H2,1-5H3.